The molecule has 0 fully saturated rings. The normalized spacial score (nSPS) is 10.7. The molecule has 0 saturated carbocycles. The number of benzene rings is 2. The lowest BCUT2D eigenvalue weighted by atomic mass is 10.0. The highest BCUT2D eigenvalue weighted by molar-refractivity contribution is 6.10. The minimum atomic E-state index is -0.103. The molecule has 0 saturated heterocycles. The van der Waals surface area contributed by atoms with E-state index in [0.29, 0.717) is 11.1 Å². The highest BCUT2D eigenvalue weighted by atomic mass is 15.0. The van der Waals surface area contributed by atoms with Gasteiger partial charge in [0.15, 0.2) is 0 Å². The van der Waals surface area contributed by atoms with Crippen LogP contribution in [-0.4, -0.2) is 16.2 Å². The van der Waals surface area contributed by atoms with Crippen LogP contribution < -0.4 is 11.5 Å². The Morgan fingerprint density at radius 2 is 1.62 bits per heavy atom. The zero-order valence-electron chi connectivity index (χ0n) is 11.3. The van der Waals surface area contributed by atoms with Crippen LogP contribution in [0.5, 0.6) is 0 Å². The molecular weight excluding hydrogens is 262 g/mol. The predicted molar refractivity (Wildman–Crippen MR) is 85.3 cm³/mol. The van der Waals surface area contributed by atoms with E-state index in [1.54, 1.807) is 6.07 Å². The van der Waals surface area contributed by atoms with Gasteiger partial charge in [-0.05, 0) is 23.6 Å². The zero-order chi connectivity index (χ0) is 15.0. The molecule has 3 aromatic rings. The number of nitrogens with one attached hydrogen (secondary N) is 2. The second kappa shape index (κ2) is 4.79. The summed E-state index contributed by atoms with van der Waals surface area (Å²) in [5.41, 5.74) is 14.0. The molecule has 5 nitrogen and oxygen atoms in total. The maximum Gasteiger partial charge on any atom is 0.125 e. The van der Waals surface area contributed by atoms with Gasteiger partial charge in [0.25, 0.3) is 0 Å². The minimum Gasteiger partial charge on any atom is -0.384 e. The summed E-state index contributed by atoms with van der Waals surface area (Å²) in [7, 11) is 0. The first-order valence-electron chi connectivity index (χ1n) is 6.48. The van der Waals surface area contributed by atoms with Crippen LogP contribution >= 0.6 is 0 Å². The molecule has 6 N–H and O–H groups in total. The summed E-state index contributed by atoms with van der Waals surface area (Å²) in [5.74, 6) is -0.202. The van der Waals surface area contributed by atoms with Crippen LogP contribution in [0.25, 0.3) is 16.6 Å². The molecule has 1 heterocycles. The van der Waals surface area contributed by atoms with Gasteiger partial charge in [-0.25, -0.2) is 0 Å². The standard InChI is InChI=1S/C16H15N5/c17-15(18)11-5-3-7-13(14(11)16(19)20)21-9-8-10-4-1-2-6-12(10)21/h1-9H,(H3,17,18)(H3,19,20). The Hall–Kier alpha value is -3.08. The number of fused-ring (bicyclic) bond motifs is 1. The van der Waals surface area contributed by atoms with Crippen molar-refractivity contribution in [1.29, 1.82) is 10.8 Å². The third-order valence-corrected chi connectivity index (χ3v) is 3.46. The van der Waals surface area contributed by atoms with Crippen LogP contribution in [0.1, 0.15) is 11.1 Å². The van der Waals surface area contributed by atoms with E-state index in [1.807, 2.05) is 53.2 Å². The number of nitrogens with two attached hydrogens (primary N) is 2. The number of hydrogen-bond donors (Lipinski definition) is 4. The lowest BCUT2D eigenvalue weighted by Gasteiger charge is -2.14. The van der Waals surface area contributed by atoms with E-state index in [0.717, 1.165) is 16.6 Å². The Morgan fingerprint density at radius 1 is 0.857 bits per heavy atom. The molecule has 0 aliphatic carbocycles. The summed E-state index contributed by atoms with van der Waals surface area (Å²) >= 11 is 0. The number of para-hydroxylation sites is 1. The van der Waals surface area contributed by atoms with Crippen LogP contribution in [-0.2, 0) is 0 Å². The number of rotatable bonds is 3. The fraction of sp³-hybridized carbons (Fsp3) is 0. The highest BCUT2D eigenvalue weighted by Crippen LogP contribution is 2.24. The van der Waals surface area contributed by atoms with Crippen LogP contribution in [0.4, 0.5) is 0 Å². The van der Waals surface area contributed by atoms with Crippen molar-refractivity contribution in [1.82, 2.24) is 4.57 Å². The Labute approximate surface area is 121 Å². The Kier molecular flexibility index (Phi) is 2.95. The number of nitrogens with zero attached hydrogens (tertiary/aromatic N) is 1. The van der Waals surface area contributed by atoms with E-state index >= 15 is 0 Å². The lowest BCUT2D eigenvalue weighted by molar-refractivity contribution is 1.11. The minimum absolute atomic E-state index is 0.0986. The van der Waals surface area contributed by atoms with Gasteiger partial charge in [-0.15, -0.1) is 0 Å². The van der Waals surface area contributed by atoms with Crippen molar-refractivity contribution in [3.63, 3.8) is 0 Å². The van der Waals surface area contributed by atoms with Crippen molar-refractivity contribution in [2.45, 2.75) is 0 Å². The summed E-state index contributed by atoms with van der Waals surface area (Å²) in [4.78, 5) is 0. The van der Waals surface area contributed by atoms with Gasteiger partial charge in [-0.2, -0.15) is 0 Å². The van der Waals surface area contributed by atoms with Crippen LogP contribution in [0, 0.1) is 10.8 Å². The van der Waals surface area contributed by atoms with Gasteiger partial charge in [0.2, 0.25) is 0 Å². The summed E-state index contributed by atoms with van der Waals surface area (Å²) in [6.07, 6.45) is 1.93. The lowest BCUT2D eigenvalue weighted by Crippen LogP contribution is -2.22. The van der Waals surface area contributed by atoms with Crippen LogP contribution in [0.15, 0.2) is 54.7 Å². The van der Waals surface area contributed by atoms with Crippen molar-refractivity contribution >= 4 is 22.6 Å². The Bertz CT molecular complexity index is 860. The zero-order valence-corrected chi connectivity index (χ0v) is 11.3. The van der Waals surface area contributed by atoms with Crippen molar-refractivity contribution in [2.24, 2.45) is 11.5 Å². The number of nitrogen functional groups attached to an aromatic ring is 2. The van der Waals surface area contributed by atoms with Crippen molar-refractivity contribution in [2.75, 3.05) is 0 Å². The van der Waals surface area contributed by atoms with Crippen molar-refractivity contribution in [3.8, 4) is 5.69 Å². The summed E-state index contributed by atoms with van der Waals surface area (Å²) in [6, 6.07) is 15.3. The third-order valence-electron chi connectivity index (χ3n) is 3.46. The molecular formula is C16H15N5. The van der Waals surface area contributed by atoms with Gasteiger partial charge < -0.3 is 16.0 Å². The molecule has 104 valence electrons. The smallest absolute Gasteiger partial charge is 0.125 e. The second-order valence-electron chi connectivity index (χ2n) is 4.77. The predicted octanol–water partition coefficient (Wildman–Crippen LogP) is 2.20. The molecule has 0 unspecified atom stereocenters. The van der Waals surface area contributed by atoms with E-state index in [-0.39, 0.29) is 11.7 Å². The van der Waals surface area contributed by atoms with Crippen molar-refractivity contribution in [3.05, 3.63) is 65.9 Å². The molecule has 5 heteroatoms. The number of aromatic nitrogens is 1. The average Bonchev–Trinajstić information content (AvgIpc) is 2.90. The highest BCUT2D eigenvalue weighted by Gasteiger charge is 2.15. The monoisotopic (exact) mass is 277 g/mol. The molecule has 3 rings (SSSR count). The largest absolute Gasteiger partial charge is 0.384 e. The fourth-order valence-corrected chi connectivity index (χ4v) is 2.54. The molecule has 0 aliphatic rings. The molecule has 0 atom stereocenters. The van der Waals surface area contributed by atoms with Gasteiger partial charge in [0.1, 0.15) is 11.7 Å². The van der Waals surface area contributed by atoms with Crippen LogP contribution in [0.2, 0.25) is 0 Å². The van der Waals surface area contributed by atoms with Gasteiger partial charge in [-0.3, -0.25) is 10.8 Å². The van der Waals surface area contributed by atoms with Gasteiger partial charge in [0.05, 0.1) is 16.8 Å². The van der Waals surface area contributed by atoms with Gasteiger partial charge in [0, 0.05) is 11.8 Å². The molecule has 2 aromatic carbocycles. The van der Waals surface area contributed by atoms with Crippen molar-refractivity contribution < 1.29 is 0 Å². The third kappa shape index (κ3) is 2.04. The van der Waals surface area contributed by atoms with E-state index in [4.69, 9.17) is 22.3 Å². The van der Waals surface area contributed by atoms with E-state index in [2.05, 4.69) is 0 Å². The van der Waals surface area contributed by atoms with Gasteiger partial charge >= 0.3 is 0 Å². The topological polar surface area (TPSA) is 105 Å². The number of hydrogen-bond acceptors (Lipinski definition) is 2. The van der Waals surface area contributed by atoms with E-state index in [9.17, 15) is 0 Å². The second-order valence-corrected chi connectivity index (χ2v) is 4.77. The summed E-state index contributed by atoms with van der Waals surface area (Å²) in [5, 5.41) is 16.6. The fourth-order valence-electron chi connectivity index (χ4n) is 2.54. The molecule has 0 spiro atoms. The Morgan fingerprint density at radius 3 is 2.33 bits per heavy atom. The summed E-state index contributed by atoms with van der Waals surface area (Å²) < 4.78 is 1.96. The van der Waals surface area contributed by atoms with E-state index < -0.39 is 0 Å². The van der Waals surface area contributed by atoms with Crippen LogP contribution in [0.3, 0.4) is 0 Å². The number of amidine groups is 2. The maximum atomic E-state index is 7.83. The van der Waals surface area contributed by atoms with Gasteiger partial charge in [-0.1, -0.05) is 30.3 Å². The first-order chi connectivity index (χ1) is 10.1. The first-order valence-corrected chi connectivity index (χ1v) is 6.48. The Balaban J connectivity index is 2.35. The maximum absolute atomic E-state index is 7.83. The summed E-state index contributed by atoms with van der Waals surface area (Å²) in [6.45, 7) is 0. The molecule has 0 radical (unpaired) electrons. The first kappa shape index (κ1) is 12.9. The average molecular weight is 277 g/mol. The molecule has 21 heavy (non-hydrogen) atoms. The molecule has 0 amide bonds. The quantitative estimate of drug-likeness (QED) is 0.435. The molecule has 0 aliphatic heterocycles. The molecule has 0 bridgehead atoms. The van der Waals surface area contributed by atoms with E-state index in [1.165, 1.54) is 0 Å². The SMILES string of the molecule is N=C(N)c1cccc(-n2ccc3ccccc32)c1C(=N)N. The molecule has 1 aromatic heterocycles.